The summed E-state index contributed by atoms with van der Waals surface area (Å²) in [4.78, 5) is 2.37. The van der Waals surface area contributed by atoms with Crippen molar-refractivity contribution in [1.29, 1.82) is 0 Å². The van der Waals surface area contributed by atoms with Gasteiger partial charge < -0.3 is 14.0 Å². The number of benzene rings is 8. The van der Waals surface area contributed by atoms with Gasteiger partial charge in [0.2, 0.25) is 0 Å². The second-order valence-corrected chi connectivity index (χ2v) is 13.0. The maximum absolute atomic E-state index is 2.44. The molecular weight excluding hydrogens is 619 g/mol. The molecule has 0 unspecified atom stereocenters. The maximum Gasteiger partial charge on any atom is 0.0621 e. The molecule has 0 fully saturated rings. The fourth-order valence-corrected chi connectivity index (χ4v) is 7.87. The molecule has 0 spiro atoms. The molecule has 0 amide bonds. The average molecular weight is 652 g/mol. The van der Waals surface area contributed by atoms with E-state index in [-0.39, 0.29) is 0 Å². The summed E-state index contributed by atoms with van der Waals surface area (Å²) in [6, 6.07) is 72.1. The van der Waals surface area contributed by atoms with Crippen molar-refractivity contribution in [3.63, 3.8) is 0 Å². The molecule has 2 heterocycles. The Morgan fingerprint density at radius 2 is 0.784 bits per heavy atom. The van der Waals surface area contributed by atoms with Gasteiger partial charge in [-0.25, -0.2) is 0 Å². The minimum absolute atomic E-state index is 1.11. The zero-order valence-corrected chi connectivity index (χ0v) is 27.9. The molecule has 0 saturated heterocycles. The Labute approximate surface area is 296 Å². The highest BCUT2D eigenvalue weighted by molar-refractivity contribution is 6.17. The molecule has 8 aromatic carbocycles. The Morgan fingerprint density at radius 3 is 1.39 bits per heavy atom. The fourth-order valence-electron chi connectivity index (χ4n) is 7.87. The topological polar surface area (TPSA) is 13.1 Å². The molecule has 3 heteroatoms. The molecule has 0 N–H and O–H groups in total. The third-order valence-corrected chi connectivity index (χ3v) is 10.1. The van der Waals surface area contributed by atoms with Gasteiger partial charge in [0.25, 0.3) is 0 Å². The van der Waals surface area contributed by atoms with Crippen molar-refractivity contribution in [2.75, 3.05) is 4.90 Å². The monoisotopic (exact) mass is 651 g/mol. The lowest BCUT2D eigenvalue weighted by atomic mass is 9.98. The normalized spacial score (nSPS) is 11.5. The van der Waals surface area contributed by atoms with Crippen molar-refractivity contribution in [3.8, 4) is 22.5 Å². The molecule has 10 aromatic rings. The standard InChI is InChI=1S/C48H33N3/c1-5-17-35(18-6-1)49(36-19-7-2-8-20-36)39-32-43(48-44(33-39)41-26-14-16-28-46(41)51(48)38-23-11-4-12-24-38)34-29-30-42-40-25-13-15-27-45(40)50(47(42)31-34)37-21-9-3-10-22-37/h1-33H. The van der Waals surface area contributed by atoms with Crippen LogP contribution in [0.15, 0.2) is 200 Å². The Balaban J connectivity index is 1.34. The summed E-state index contributed by atoms with van der Waals surface area (Å²) in [5, 5.41) is 4.92. The molecule has 0 saturated carbocycles. The Kier molecular flexibility index (Phi) is 6.81. The lowest BCUT2D eigenvalue weighted by molar-refractivity contribution is 1.18. The van der Waals surface area contributed by atoms with Gasteiger partial charge in [-0.2, -0.15) is 0 Å². The van der Waals surface area contributed by atoms with Gasteiger partial charge in [-0.1, -0.05) is 121 Å². The van der Waals surface area contributed by atoms with Crippen LogP contribution in [0.25, 0.3) is 66.1 Å². The fraction of sp³-hybridized carbons (Fsp3) is 0. The van der Waals surface area contributed by atoms with Gasteiger partial charge in [0.05, 0.1) is 22.1 Å². The molecule has 10 rings (SSSR count). The molecule has 51 heavy (non-hydrogen) atoms. The first-order chi connectivity index (χ1) is 25.3. The van der Waals surface area contributed by atoms with Crippen molar-refractivity contribution in [2.45, 2.75) is 0 Å². The zero-order chi connectivity index (χ0) is 33.7. The number of hydrogen-bond acceptors (Lipinski definition) is 1. The van der Waals surface area contributed by atoms with E-state index in [1.54, 1.807) is 0 Å². The van der Waals surface area contributed by atoms with Crippen LogP contribution in [0.2, 0.25) is 0 Å². The summed E-state index contributed by atoms with van der Waals surface area (Å²) in [6.45, 7) is 0. The average Bonchev–Trinajstić information content (AvgIpc) is 3.72. The van der Waals surface area contributed by atoms with E-state index in [4.69, 9.17) is 0 Å². The van der Waals surface area contributed by atoms with E-state index in [0.717, 1.165) is 34.0 Å². The third kappa shape index (κ3) is 4.74. The molecule has 0 aliphatic heterocycles. The quantitative estimate of drug-likeness (QED) is 0.174. The summed E-state index contributed by atoms with van der Waals surface area (Å²) in [5.41, 5.74) is 12.7. The molecule has 0 radical (unpaired) electrons. The van der Waals surface area contributed by atoms with E-state index in [9.17, 15) is 0 Å². The number of nitrogens with zero attached hydrogens (tertiary/aromatic N) is 3. The van der Waals surface area contributed by atoms with Crippen LogP contribution in [0.4, 0.5) is 17.1 Å². The van der Waals surface area contributed by atoms with Crippen molar-refractivity contribution in [3.05, 3.63) is 200 Å². The van der Waals surface area contributed by atoms with E-state index in [1.165, 1.54) is 49.2 Å². The summed E-state index contributed by atoms with van der Waals surface area (Å²) in [5.74, 6) is 0. The number of fused-ring (bicyclic) bond motifs is 6. The van der Waals surface area contributed by atoms with E-state index in [1.807, 2.05) is 0 Å². The van der Waals surface area contributed by atoms with Gasteiger partial charge in [-0.15, -0.1) is 0 Å². The molecule has 240 valence electrons. The Hall–Kier alpha value is -6.84. The van der Waals surface area contributed by atoms with E-state index in [0.29, 0.717) is 0 Å². The maximum atomic E-state index is 2.44. The van der Waals surface area contributed by atoms with Crippen LogP contribution in [0.5, 0.6) is 0 Å². The highest BCUT2D eigenvalue weighted by Gasteiger charge is 2.22. The molecule has 0 bridgehead atoms. The van der Waals surface area contributed by atoms with Crippen LogP contribution in [-0.2, 0) is 0 Å². The second-order valence-electron chi connectivity index (χ2n) is 13.0. The molecule has 3 nitrogen and oxygen atoms in total. The van der Waals surface area contributed by atoms with Crippen LogP contribution < -0.4 is 4.90 Å². The minimum Gasteiger partial charge on any atom is -0.310 e. The molecule has 0 aliphatic carbocycles. The van der Waals surface area contributed by atoms with Gasteiger partial charge in [0.15, 0.2) is 0 Å². The highest BCUT2D eigenvalue weighted by atomic mass is 15.1. The number of para-hydroxylation sites is 6. The van der Waals surface area contributed by atoms with Crippen molar-refractivity contribution < 1.29 is 0 Å². The first kappa shape index (κ1) is 29.1. The largest absolute Gasteiger partial charge is 0.310 e. The van der Waals surface area contributed by atoms with Gasteiger partial charge in [-0.3, -0.25) is 0 Å². The summed E-state index contributed by atoms with van der Waals surface area (Å²) in [6.07, 6.45) is 0. The third-order valence-electron chi connectivity index (χ3n) is 10.1. The van der Waals surface area contributed by atoms with E-state index >= 15 is 0 Å². The van der Waals surface area contributed by atoms with Gasteiger partial charge >= 0.3 is 0 Å². The van der Waals surface area contributed by atoms with Crippen molar-refractivity contribution in [1.82, 2.24) is 9.13 Å². The predicted octanol–water partition coefficient (Wildman–Crippen LogP) is 13.0. The minimum atomic E-state index is 1.11. The van der Waals surface area contributed by atoms with Crippen LogP contribution in [0.1, 0.15) is 0 Å². The number of anilines is 3. The summed E-state index contributed by atoms with van der Waals surface area (Å²) in [7, 11) is 0. The predicted molar refractivity (Wildman–Crippen MR) is 215 cm³/mol. The summed E-state index contributed by atoms with van der Waals surface area (Å²) >= 11 is 0. The van der Waals surface area contributed by atoms with Crippen molar-refractivity contribution in [2.24, 2.45) is 0 Å². The Bertz CT molecular complexity index is 2790. The van der Waals surface area contributed by atoms with Crippen LogP contribution >= 0.6 is 0 Å². The molecule has 0 aliphatic rings. The number of rotatable bonds is 6. The number of aromatic nitrogens is 2. The van der Waals surface area contributed by atoms with Crippen LogP contribution in [-0.4, -0.2) is 9.13 Å². The molecular formula is C48H33N3. The lowest BCUT2D eigenvalue weighted by Crippen LogP contribution is -2.10. The first-order valence-corrected chi connectivity index (χ1v) is 17.5. The SMILES string of the molecule is c1ccc(N(c2ccccc2)c2cc(-c3ccc4c5ccccc5n(-c5ccccc5)c4c3)c3c(c2)c2ccccc2n3-c2ccccc2)cc1. The van der Waals surface area contributed by atoms with Crippen molar-refractivity contribution >= 4 is 60.7 Å². The second kappa shape index (κ2) is 11.9. The highest BCUT2D eigenvalue weighted by Crippen LogP contribution is 2.45. The first-order valence-electron chi connectivity index (χ1n) is 17.5. The van der Waals surface area contributed by atoms with Crippen LogP contribution in [0, 0.1) is 0 Å². The lowest BCUT2D eigenvalue weighted by Gasteiger charge is -2.26. The van der Waals surface area contributed by atoms with Crippen LogP contribution in [0.3, 0.4) is 0 Å². The molecule has 0 atom stereocenters. The van der Waals surface area contributed by atoms with Gasteiger partial charge in [-0.05, 0) is 84.4 Å². The summed E-state index contributed by atoms with van der Waals surface area (Å²) < 4.78 is 4.85. The van der Waals surface area contributed by atoms with Gasteiger partial charge in [0.1, 0.15) is 0 Å². The number of hydrogen-bond donors (Lipinski definition) is 0. The van der Waals surface area contributed by atoms with E-state index < -0.39 is 0 Å². The molecule has 2 aromatic heterocycles. The smallest absolute Gasteiger partial charge is 0.0621 e. The Morgan fingerprint density at radius 1 is 0.314 bits per heavy atom. The van der Waals surface area contributed by atoms with E-state index in [2.05, 4.69) is 214 Å². The van der Waals surface area contributed by atoms with Gasteiger partial charge in [0, 0.05) is 55.5 Å². The zero-order valence-electron chi connectivity index (χ0n) is 27.9.